The zero-order chi connectivity index (χ0) is 18.4. The van der Waals surface area contributed by atoms with Crippen molar-refractivity contribution in [3.05, 3.63) is 65.7 Å². The van der Waals surface area contributed by atoms with Crippen molar-refractivity contribution in [3.8, 4) is 0 Å². The van der Waals surface area contributed by atoms with Gasteiger partial charge in [0.2, 0.25) is 15.9 Å². The number of rotatable bonds is 7. The van der Waals surface area contributed by atoms with E-state index < -0.39 is 10.0 Å². The Morgan fingerprint density at radius 1 is 1.04 bits per heavy atom. The van der Waals surface area contributed by atoms with E-state index in [0.717, 1.165) is 11.1 Å². The topological polar surface area (TPSA) is 66.5 Å². The summed E-state index contributed by atoms with van der Waals surface area (Å²) in [5, 5.41) is 2.75. The van der Waals surface area contributed by atoms with Crippen LogP contribution in [-0.2, 0) is 21.4 Å². The van der Waals surface area contributed by atoms with Crippen molar-refractivity contribution in [1.29, 1.82) is 0 Å². The van der Waals surface area contributed by atoms with Crippen molar-refractivity contribution in [1.82, 2.24) is 9.62 Å². The molecule has 25 heavy (non-hydrogen) atoms. The lowest BCUT2D eigenvalue weighted by Gasteiger charge is -2.22. The van der Waals surface area contributed by atoms with Gasteiger partial charge in [-0.1, -0.05) is 48.0 Å². The smallest absolute Gasteiger partial charge is 0.243 e. The molecule has 0 fully saturated rings. The fourth-order valence-corrected chi connectivity index (χ4v) is 3.78. The molecule has 1 N–H and O–H groups in total. The molecule has 0 radical (unpaired) electrons. The average Bonchev–Trinajstić information content (AvgIpc) is 2.55. The van der Waals surface area contributed by atoms with Crippen molar-refractivity contribution in [3.63, 3.8) is 0 Å². The fourth-order valence-electron chi connectivity index (χ4n) is 2.40. The van der Waals surface area contributed by atoms with Crippen LogP contribution in [0.15, 0.2) is 59.5 Å². The molecule has 0 saturated heterocycles. The Bertz CT molecular complexity index is 800. The summed E-state index contributed by atoms with van der Waals surface area (Å²) in [6.45, 7) is 5.50. The first-order valence-corrected chi connectivity index (χ1v) is 9.63. The third-order valence-corrected chi connectivity index (χ3v) is 5.44. The Kier molecular flexibility index (Phi) is 6.33. The van der Waals surface area contributed by atoms with Gasteiger partial charge in [-0.25, -0.2) is 8.42 Å². The van der Waals surface area contributed by atoms with Crippen LogP contribution in [0.1, 0.15) is 25.0 Å². The molecule has 2 rings (SSSR count). The molecule has 0 aromatic heterocycles. The number of sulfonamides is 1. The maximum Gasteiger partial charge on any atom is 0.243 e. The first-order chi connectivity index (χ1) is 11.8. The van der Waals surface area contributed by atoms with Crippen LogP contribution in [0.2, 0.25) is 0 Å². The van der Waals surface area contributed by atoms with Gasteiger partial charge in [0.25, 0.3) is 0 Å². The highest BCUT2D eigenvalue weighted by Crippen LogP contribution is 2.19. The predicted molar refractivity (Wildman–Crippen MR) is 98.5 cm³/mol. The van der Waals surface area contributed by atoms with Crippen molar-refractivity contribution in [2.24, 2.45) is 0 Å². The Hall–Kier alpha value is -2.18. The molecule has 0 aliphatic rings. The van der Waals surface area contributed by atoms with Crippen LogP contribution >= 0.6 is 0 Å². The van der Waals surface area contributed by atoms with Gasteiger partial charge in [0.1, 0.15) is 0 Å². The first-order valence-electron chi connectivity index (χ1n) is 8.19. The molecule has 2 aromatic carbocycles. The monoisotopic (exact) mass is 360 g/mol. The molecule has 0 bridgehead atoms. The second-order valence-corrected chi connectivity index (χ2v) is 8.23. The largest absolute Gasteiger partial charge is 0.353 e. The maximum absolute atomic E-state index is 13.0. The van der Waals surface area contributed by atoms with Gasteiger partial charge in [0, 0.05) is 12.6 Å². The summed E-state index contributed by atoms with van der Waals surface area (Å²) in [7, 11) is -3.77. The minimum Gasteiger partial charge on any atom is -0.353 e. The molecule has 6 heteroatoms. The second kappa shape index (κ2) is 8.27. The average molecular weight is 360 g/mol. The summed E-state index contributed by atoms with van der Waals surface area (Å²) in [5.74, 6) is -0.318. The van der Waals surface area contributed by atoms with Gasteiger partial charge < -0.3 is 5.32 Å². The number of aryl methyl sites for hydroxylation is 1. The normalized spacial score (nSPS) is 11.7. The molecular weight excluding hydrogens is 336 g/mol. The highest BCUT2D eigenvalue weighted by Gasteiger charge is 2.27. The van der Waals surface area contributed by atoms with Gasteiger partial charge in [-0.2, -0.15) is 4.31 Å². The second-order valence-electron chi connectivity index (χ2n) is 6.29. The Labute approximate surface area is 149 Å². The number of hydrogen-bond acceptors (Lipinski definition) is 3. The van der Waals surface area contributed by atoms with Crippen molar-refractivity contribution in [2.75, 3.05) is 6.54 Å². The van der Waals surface area contributed by atoms with E-state index in [0.29, 0.717) is 0 Å². The number of carbonyl (C=O) groups is 1. The molecule has 0 heterocycles. The summed E-state index contributed by atoms with van der Waals surface area (Å²) in [5.41, 5.74) is 1.81. The number of nitrogens with zero attached hydrogens (tertiary/aromatic N) is 1. The molecule has 0 aliphatic heterocycles. The standard InChI is InChI=1S/C19H24N2O3S/c1-15(2)20-19(22)14-21(13-17-7-5-4-6-8-17)25(23,24)18-11-9-16(3)10-12-18/h4-12,15H,13-14H2,1-3H3,(H,20,22). The van der Waals surface area contributed by atoms with Gasteiger partial charge in [0.05, 0.1) is 11.4 Å². The van der Waals surface area contributed by atoms with Crippen LogP contribution in [0, 0.1) is 6.92 Å². The third kappa shape index (κ3) is 5.41. The van der Waals surface area contributed by atoms with E-state index in [4.69, 9.17) is 0 Å². The van der Waals surface area contributed by atoms with Crippen LogP contribution in [0.25, 0.3) is 0 Å². The van der Waals surface area contributed by atoms with Crippen molar-refractivity contribution >= 4 is 15.9 Å². The number of nitrogens with one attached hydrogen (secondary N) is 1. The molecule has 0 atom stereocenters. The van der Waals surface area contributed by atoms with Gasteiger partial charge in [-0.3, -0.25) is 4.79 Å². The van der Waals surface area contributed by atoms with Crippen molar-refractivity contribution in [2.45, 2.75) is 38.3 Å². The molecular formula is C19H24N2O3S. The predicted octanol–water partition coefficient (Wildman–Crippen LogP) is 2.71. The van der Waals surface area contributed by atoms with Crippen LogP contribution in [0.4, 0.5) is 0 Å². The van der Waals surface area contributed by atoms with Gasteiger partial charge in [-0.15, -0.1) is 0 Å². The Morgan fingerprint density at radius 2 is 1.64 bits per heavy atom. The lowest BCUT2D eigenvalue weighted by atomic mass is 10.2. The lowest BCUT2D eigenvalue weighted by molar-refractivity contribution is -0.121. The van der Waals surface area contributed by atoms with E-state index in [1.54, 1.807) is 24.3 Å². The lowest BCUT2D eigenvalue weighted by Crippen LogP contribution is -2.42. The zero-order valence-electron chi connectivity index (χ0n) is 14.8. The molecule has 1 amide bonds. The number of carbonyl (C=O) groups excluding carboxylic acids is 1. The SMILES string of the molecule is Cc1ccc(S(=O)(=O)N(CC(=O)NC(C)C)Cc2ccccc2)cc1. The molecule has 2 aromatic rings. The molecule has 0 spiro atoms. The molecule has 0 saturated carbocycles. The zero-order valence-corrected chi connectivity index (χ0v) is 15.6. The summed E-state index contributed by atoms with van der Waals surface area (Å²) in [6.07, 6.45) is 0. The maximum atomic E-state index is 13.0. The van der Waals surface area contributed by atoms with Crippen LogP contribution in [-0.4, -0.2) is 31.2 Å². The Balaban J connectivity index is 2.32. The van der Waals surface area contributed by atoms with E-state index in [9.17, 15) is 13.2 Å². The molecule has 5 nitrogen and oxygen atoms in total. The fraction of sp³-hybridized carbons (Fsp3) is 0.316. The highest BCUT2D eigenvalue weighted by atomic mass is 32.2. The summed E-state index contributed by atoms with van der Waals surface area (Å²) in [4.78, 5) is 12.4. The van der Waals surface area contributed by atoms with Crippen LogP contribution in [0.3, 0.4) is 0 Å². The van der Waals surface area contributed by atoms with E-state index >= 15 is 0 Å². The van der Waals surface area contributed by atoms with Gasteiger partial charge >= 0.3 is 0 Å². The number of hydrogen-bond donors (Lipinski definition) is 1. The van der Waals surface area contributed by atoms with Crippen LogP contribution in [0.5, 0.6) is 0 Å². The van der Waals surface area contributed by atoms with E-state index in [1.807, 2.05) is 51.1 Å². The van der Waals surface area contributed by atoms with E-state index in [1.165, 1.54) is 4.31 Å². The number of amides is 1. The van der Waals surface area contributed by atoms with E-state index in [2.05, 4.69) is 5.32 Å². The molecule has 0 aliphatic carbocycles. The van der Waals surface area contributed by atoms with E-state index in [-0.39, 0.29) is 29.9 Å². The van der Waals surface area contributed by atoms with Gasteiger partial charge in [-0.05, 0) is 38.5 Å². The summed E-state index contributed by atoms with van der Waals surface area (Å²) < 4.78 is 27.2. The minimum atomic E-state index is -3.77. The molecule has 0 unspecified atom stereocenters. The van der Waals surface area contributed by atoms with Gasteiger partial charge in [0.15, 0.2) is 0 Å². The quantitative estimate of drug-likeness (QED) is 0.825. The van der Waals surface area contributed by atoms with Crippen LogP contribution < -0.4 is 5.32 Å². The highest BCUT2D eigenvalue weighted by molar-refractivity contribution is 7.89. The molecule has 134 valence electrons. The first kappa shape index (κ1) is 19.1. The summed E-state index contributed by atoms with van der Waals surface area (Å²) in [6, 6.07) is 15.9. The van der Waals surface area contributed by atoms with Crippen molar-refractivity contribution < 1.29 is 13.2 Å². The number of benzene rings is 2. The minimum absolute atomic E-state index is 0.0480. The summed E-state index contributed by atoms with van der Waals surface area (Å²) >= 11 is 0. The third-order valence-electron chi connectivity index (χ3n) is 3.63. The Morgan fingerprint density at radius 3 is 2.20 bits per heavy atom.